The van der Waals surface area contributed by atoms with E-state index in [4.69, 9.17) is 0 Å². The highest BCUT2D eigenvalue weighted by Gasteiger charge is 2.52. The van der Waals surface area contributed by atoms with Gasteiger partial charge in [-0.25, -0.2) is 0 Å². The van der Waals surface area contributed by atoms with E-state index >= 15 is 0 Å². The van der Waals surface area contributed by atoms with Crippen LogP contribution in [0.25, 0.3) is 56.7 Å². The molecule has 0 heterocycles. The summed E-state index contributed by atoms with van der Waals surface area (Å²) >= 11 is 0. The molecule has 0 amide bonds. The lowest BCUT2D eigenvalue weighted by atomic mass is 9.70. The molecule has 0 N–H and O–H groups in total. The van der Waals surface area contributed by atoms with E-state index in [1.54, 1.807) is 0 Å². The van der Waals surface area contributed by atoms with E-state index in [2.05, 4.69) is 273 Å². The lowest BCUT2D eigenvalue weighted by Gasteiger charge is -2.32. The van der Waals surface area contributed by atoms with E-state index < -0.39 is 5.41 Å². The Kier molecular flexibility index (Phi) is 10.4. The molecule has 1 heteroatoms. The van der Waals surface area contributed by atoms with Crippen molar-refractivity contribution >= 4 is 29.2 Å². The molecule has 3 aliphatic rings. The van der Waals surface area contributed by atoms with Crippen LogP contribution in [0, 0.1) is 0 Å². The molecule has 0 aliphatic heterocycles. The third-order valence-corrected chi connectivity index (χ3v) is 16.4. The van der Waals surface area contributed by atoms with Crippen LogP contribution in [0.3, 0.4) is 0 Å². The average Bonchev–Trinajstić information content (AvgIpc) is 3.96. The summed E-state index contributed by atoms with van der Waals surface area (Å²) in [6.07, 6.45) is 6.74. The number of nitrogens with zero attached hydrogens (tertiary/aromatic N) is 1. The summed E-state index contributed by atoms with van der Waals surface area (Å²) in [6, 6.07) is 76.1. The molecule has 9 aromatic rings. The number of fused-ring (bicyclic) bond motifs is 13. The van der Waals surface area contributed by atoms with Crippen LogP contribution in [0.5, 0.6) is 0 Å². The second kappa shape index (κ2) is 16.6. The van der Waals surface area contributed by atoms with Crippen LogP contribution in [0.15, 0.2) is 200 Å². The minimum Gasteiger partial charge on any atom is -0.310 e. The quantitative estimate of drug-likeness (QED) is 0.137. The first-order valence-electron chi connectivity index (χ1n) is 25.9. The second-order valence-electron chi connectivity index (χ2n) is 22.4. The van der Waals surface area contributed by atoms with Crippen molar-refractivity contribution in [2.75, 3.05) is 4.90 Å². The van der Waals surface area contributed by atoms with Gasteiger partial charge in [0.15, 0.2) is 0 Å². The standard InChI is InChI=1S/C70H63N/c1-9-69(10-2)63-39-46(31-35-57(63)58-38-34-54(45-64(58)69)71(52-21-13-11-14-22-52)53-23-15-12-16-24-53)29-30-47-32-36-59-60-37-33-48(49-41-50(67(3,4)5)44-51(42-49)68(6,7)8)43-66(60)70(65(59)40-47)61-27-19-17-25-55(61)56-26-18-20-28-62(56)70/h11-45H,9-10H2,1-8H3. The van der Waals surface area contributed by atoms with Gasteiger partial charge in [0.25, 0.3) is 0 Å². The molecule has 0 saturated heterocycles. The van der Waals surface area contributed by atoms with Crippen molar-refractivity contribution in [3.63, 3.8) is 0 Å². The van der Waals surface area contributed by atoms with Gasteiger partial charge >= 0.3 is 0 Å². The molecular formula is C70H63N. The van der Waals surface area contributed by atoms with Crippen molar-refractivity contribution < 1.29 is 0 Å². The maximum Gasteiger partial charge on any atom is 0.0725 e. The lowest BCUT2D eigenvalue weighted by Crippen LogP contribution is -2.26. The molecule has 0 radical (unpaired) electrons. The van der Waals surface area contributed by atoms with Crippen LogP contribution < -0.4 is 4.90 Å². The highest BCUT2D eigenvalue weighted by molar-refractivity contribution is 5.97. The fourth-order valence-electron chi connectivity index (χ4n) is 12.6. The van der Waals surface area contributed by atoms with E-state index in [0.717, 1.165) is 24.2 Å². The first-order valence-corrected chi connectivity index (χ1v) is 25.9. The normalized spacial score (nSPS) is 14.5. The van der Waals surface area contributed by atoms with Gasteiger partial charge < -0.3 is 4.90 Å². The fourth-order valence-corrected chi connectivity index (χ4v) is 12.6. The molecular weight excluding hydrogens is 855 g/mol. The lowest BCUT2D eigenvalue weighted by molar-refractivity contribution is 0.490. The van der Waals surface area contributed by atoms with Crippen molar-refractivity contribution in [1.29, 1.82) is 0 Å². The van der Waals surface area contributed by atoms with Gasteiger partial charge in [-0.05, 0) is 172 Å². The van der Waals surface area contributed by atoms with Gasteiger partial charge in [-0.15, -0.1) is 0 Å². The smallest absolute Gasteiger partial charge is 0.0725 e. The summed E-state index contributed by atoms with van der Waals surface area (Å²) < 4.78 is 0. The minimum atomic E-state index is -0.455. The zero-order chi connectivity index (χ0) is 48.9. The molecule has 0 aromatic heterocycles. The number of rotatable bonds is 8. The molecule has 71 heavy (non-hydrogen) atoms. The predicted molar refractivity (Wildman–Crippen MR) is 302 cm³/mol. The van der Waals surface area contributed by atoms with Gasteiger partial charge in [0.1, 0.15) is 0 Å². The molecule has 0 saturated carbocycles. The Balaban J connectivity index is 0.957. The van der Waals surface area contributed by atoms with Crippen molar-refractivity contribution in [3.05, 3.63) is 256 Å². The van der Waals surface area contributed by atoms with Crippen LogP contribution in [-0.4, -0.2) is 0 Å². The third-order valence-electron chi connectivity index (χ3n) is 16.4. The number of anilines is 3. The van der Waals surface area contributed by atoms with E-state index in [-0.39, 0.29) is 16.2 Å². The fraction of sp³-hybridized carbons (Fsp3) is 0.200. The zero-order valence-electron chi connectivity index (χ0n) is 42.6. The number of hydrogen-bond donors (Lipinski definition) is 0. The van der Waals surface area contributed by atoms with E-state index in [0.29, 0.717) is 0 Å². The summed E-state index contributed by atoms with van der Waals surface area (Å²) in [5, 5.41) is 0. The molecule has 0 fully saturated rings. The Morgan fingerprint density at radius 3 is 1.30 bits per heavy atom. The minimum absolute atomic E-state index is 0.0232. The van der Waals surface area contributed by atoms with E-state index in [1.807, 2.05) is 0 Å². The highest BCUT2D eigenvalue weighted by atomic mass is 15.1. The summed E-state index contributed by atoms with van der Waals surface area (Å²) in [7, 11) is 0. The van der Waals surface area contributed by atoms with Gasteiger partial charge in [-0.2, -0.15) is 0 Å². The van der Waals surface area contributed by atoms with Gasteiger partial charge in [-0.1, -0.05) is 219 Å². The van der Waals surface area contributed by atoms with Crippen LogP contribution in [-0.2, 0) is 21.7 Å². The van der Waals surface area contributed by atoms with Crippen LogP contribution in [0.4, 0.5) is 17.1 Å². The Morgan fingerprint density at radius 1 is 0.352 bits per heavy atom. The number of para-hydroxylation sites is 2. The summed E-state index contributed by atoms with van der Waals surface area (Å²) in [5.41, 5.74) is 27.0. The van der Waals surface area contributed by atoms with Crippen molar-refractivity contribution in [3.8, 4) is 44.5 Å². The number of hydrogen-bond acceptors (Lipinski definition) is 1. The molecule has 1 spiro atoms. The average molecular weight is 918 g/mol. The number of benzene rings is 9. The van der Waals surface area contributed by atoms with Crippen molar-refractivity contribution in [2.45, 2.75) is 89.9 Å². The molecule has 1 nitrogen and oxygen atoms in total. The summed E-state index contributed by atoms with van der Waals surface area (Å²) in [6.45, 7) is 18.7. The third kappa shape index (κ3) is 6.95. The molecule has 0 unspecified atom stereocenters. The molecule has 9 aromatic carbocycles. The maximum absolute atomic E-state index is 2.54. The van der Waals surface area contributed by atoms with Crippen molar-refractivity contribution in [2.24, 2.45) is 0 Å². The Bertz CT molecular complexity index is 3450. The predicted octanol–water partition coefficient (Wildman–Crippen LogP) is 19.0. The molecule has 12 rings (SSSR count). The Morgan fingerprint density at radius 2 is 0.775 bits per heavy atom. The van der Waals surface area contributed by atoms with Gasteiger partial charge in [0.2, 0.25) is 0 Å². The Hall–Kier alpha value is -7.48. The van der Waals surface area contributed by atoms with Crippen LogP contribution in [0.2, 0.25) is 0 Å². The van der Waals surface area contributed by atoms with Crippen LogP contribution in [0.1, 0.15) is 124 Å². The van der Waals surface area contributed by atoms with E-state index in [1.165, 1.54) is 106 Å². The first kappa shape index (κ1) is 44.7. The van der Waals surface area contributed by atoms with Gasteiger partial charge in [0, 0.05) is 22.5 Å². The largest absolute Gasteiger partial charge is 0.310 e. The van der Waals surface area contributed by atoms with Crippen molar-refractivity contribution in [1.82, 2.24) is 0 Å². The monoisotopic (exact) mass is 917 g/mol. The SMILES string of the molecule is CCC1(CC)c2cc(C=Cc3ccc4c(c3)C3(c5ccccc5-c5ccccc53)c3cc(-c5cc(C(C)(C)C)cc(C(C)(C)C)c5)ccc3-4)ccc2-c2ccc(N(c3ccccc3)c3ccccc3)cc21. The molecule has 3 aliphatic carbocycles. The van der Waals surface area contributed by atoms with E-state index in [9.17, 15) is 0 Å². The highest BCUT2D eigenvalue weighted by Crippen LogP contribution is 2.63. The summed E-state index contributed by atoms with van der Waals surface area (Å²) in [5.74, 6) is 0. The van der Waals surface area contributed by atoms with Gasteiger partial charge in [0.05, 0.1) is 5.41 Å². The van der Waals surface area contributed by atoms with Crippen LogP contribution >= 0.6 is 0 Å². The summed E-state index contributed by atoms with van der Waals surface area (Å²) in [4.78, 5) is 2.39. The first-order chi connectivity index (χ1) is 34.3. The second-order valence-corrected chi connectivity index (χ2v) is 22.4. The molecule has 348 valence electrons. The zero-order valence-corrected chi connectivity index (χ0v) is 42.6. The molecule has 0 bridgehead atoms. The topological polar surface area (TPSA) is 3.24 Å². The Labute approximate surface area is 422 Å². The molecule has 0 atom stereocenters. The maximum atomic E-state index is 2.54. The van der Waals surface area contributed by atoms with Gasteiger partial charge in [-0.3, -0.25) is 0 Å².